The molecule has 0 unspecified atom stereocenters. The molecule has 0 spiro atoms. The first-order chi connectivity index (χ1) is 9.88. The third kappa shape index (κ3) is 2.37. The van der Waals surface area contributed by atoms with Gasteiger partial charge in [0.2, 0.25) is 0 Å². The maximum Gasteiger partial charge on any atom is 0.410 e. The second-order valence-corrected chi connectivity index (χ2v) is 5.64. The fourth-order valence-corrected chi connectivity index (χ4v) is 3.19. The zero-order chi connectivity index (χ0) is 15.2. The first kappa shape index (κ1) is 13.9. The van der Waals surface area contributed by atoms with E-state index in [4.69, 9.17) is 5.11 Å². The Morgan fingerprint density at radius 2 is 2.29 bits per heavy atom. The van der Waals surface area contributed by atoms with Gasteiger partial charge in [0, 0.05) is 11.3 Å². The fraction of sp³-hybridized carbons (Fsp3) is 0.333. The molecule has 0 fully saturated rings. The molecule has 0 aromatic carbocycles. The second-order valence-electron chi connectivity index (χ2n) is 4.66. The molecule has 0 amide bonds. The summed E-state index contributed by atoms with van der Waals surface area (Å²) in [5, 5.41) is 17.3. The van der Waals surface area contributed by atoms with E-state index in [9.17, 15) is 18.0 Å². The number of alkyl halides is 3. The third-order valence-electron chi connectivity index (χ3n) is 3.36. The van der Waals surface area contributed by atoms with Gasteiger partial charge in [-0.3, -0.25) is 0 Å². The summed E-state index contributed by atoms with van der Waals surface area (Å²) in [6, 6.07) is 1.05. The summed E-state index contributed by atoms with van der Waals surface area (Å²) in [4.78, 5) is 11.8. The summed E-state index contributed by atoms with van der Waals surface area (Å²) in [6.07, 6.45) is -3.77. The van der Waals surface area contributed by atoms with Gasteiger partial charge in [-0.15, -0.1) is 11.3 Å². The number of fused-ring (bicyclic) bond motifs is 1. The van der Waals surface area contributed by atoms with E-state index in [1.807, 2.05) is 0 Å². The summed E-state index contributed by atoms with van der Waals surface area (Å²) < 4.78 is 40.4. The van der Waals surface area contributed by atoms with Gasteiger partial charge in [0.15, 0.2) is 6.04 Å². The molecule has 0 radical (unpaired) electrons. The summed E-state index contributed by atoms with van der Waals surface area (Å²) in [7, 11) is 0. The van der Waals surface area contributed by atoms with Gasteiger partial charge in [0.1, 0.15) is 11.4 Å². The van der Waals surface area contributed by atoms with E-state index in [1.54, 1.807) is 17.5 Å². The largest absolute Gasteiger partial charge is 0.477 e. The molecule has 0 saturated carbocycles. The average molecular weight is 317 g/mol. The van der Waals surface area contributed by atoms with Crippen LogP contribution in [0.2, 0.25) is 0 Å². The van der Waals surface area contributed by atoms with Gasteiger partial charge in [-0.2, -0.15) is 18.3 Å². The molecule has 3 rings (SSSR count). The Morgan fingerprint density at radius 1 is 1.52 bits per heavy atom. The van der Waals surface area contributed by atoms with Gasteiger partial charge in [-0.1, -0.05) is 6.07 Å². The van der Waals surface area contributed by atoms with Gasteiger partial charge in [-0.25, -0.2) is 9.48 Å². The number of halogens is 3. The molecule has 2 aromatic heterocycles. The van der Waals surface area contributed by atoms with Crippen molar-refractivity contribution < 1.29 is 23.1 Å². The Labute approximate surface area is 121 Å². The van der Waals surface area contributed by atoms with Crippen LogP contribution in [0.15, 0.2) is 23.7 Å². The van der Waals surface area contributed by atoms with Crippen molar-refractivity contribution in [3.63, 3.8) is 0 Å². The second kappa shape index (κ2) is 4.76. The monoisotopic (exact) mass is 317 g/mol. The predicted octanol–water partition coefficient (Wildman–Crippen LogP) is 3.30. The maximum atomic E-state index is 13.2. The summed E-state index contributed by atoms with van der Waals surface area (Å²) in [5.41, 5.74) is -0.259. The first-order valence-electron chi connectivity index (χ1n) is 6.05. The lowest BCUT2D eigenvalue weighted by Gasteiger charge is -2.33. The minimum absolute atomic E-state index is 0.102. The highest BCUT2D eigenvalue weighted by atomic mass is 32.1. The van der Waals surface area contributed by atoms with E-state index in [0.717, 1.165) is 11.1 Å². The fourth-order valence-electron chi connectivity index (χ4n) is 2.40. The SMILES string of the molecule is O=C(O)c1cnn2c1N[C@@H](c1cccs1)C[C@H]2C(F)(F)F. The van der Waals surface area contributed by atoms with Crippen molar-refractivity contribution in [2.24, 2.45) is 0 Å². The molecule has 3 heterocycles. The highest BCUT2D eigenvalue weighted by Crippen LogP contribution is 2.44. The molecule has 9 heteroatoms. The minimum atomic E-state index is -4.49. The number of nitrogens with zero attached hydrogens (tertiary/aromatic N) is 2. The average Bonchev–Trinajstić information content (AvgIpc) is 3.05. The lowest BCUT2D eigenvalue weighted by atomic mass is 10.0. The van der Waals surface area contributed by atoms with Crippen molar-refractivity contribution in [2.75, 3.05) is 5.32 Å². The van der Waals surface area contributed by atoms with Crippen LogP contribution in [0, 0.1) is 0 Å². The lowest BCUT2D eigenvalue weighted by Crippen LogP contribution is -2.35. The Balaban J connectivity index is 2.07. The zero-order valence-electron chi connectivity index (χ0n) is 10.5. The number of thiophene rings is 1. The van der Waals surface area contributed by atoms with Crippen LogP contribution in [0.3, 0.4) is 0 Å². The van der Waals surface area contributed by atoms with E-state index < -0.39 is 24.2 Å². The summed E-state index contributed by atoms with van der Waals surface area (Å²) >= 11 is 1.33. The quantitative estimate of drug-likeness (QED) is 0.892. The zero-order valence-corrected chi connectivity index (χ0v) is 11.3. The molecule has 2 N–H and O–H groups in total. The van der Waals surface area contributed by atoms with E-state index in [1.165, 1.54) is 11.3 Å². The molecule has 5 nitrogen and oxygen atoms in total. The molecule has 2 aromatic rings. The number of carboxylic acids is 1. The number of carbonyl (C=O) groups is 1. The standard InChI is InChI=1S/C12H10F3N3O2S/c13-12(14,15)9-4-7(8-2-1-3-21-8)17-10-6(11(19)20)5-16-18(9)10/h1-3,5,7,9,17H,4H2,(H,19,20)/t7-,9+/m1/s1. The first-order valence-corrected chi connectivity index (χ1v) is 6.93. The van der Waals surface area contributed by atoms with Crippen LogP contribution in [0.5, 0.6) is 0 Å². The predicted molar refractivity (Wildman–Crippen MR) is 69.6 cm³/mol. The molecular formula is C12H10F3N3O2S. The Hall–Kier alpha value is -2.03. The maximum absolute atomic E-state index is 13.2. The summed E-state index contributed by atoms with van der Waals surface area (Å²) in [6.45, 7) is 0. The number of nitrogens with one attached hydrogen (secondary N) is 1. The molecule has 0 aliphatic carbocycles. The number of hydrogen-bond donors (Lipinski definition) is 2. The number of aromatic carboxylic acids is 1. The van der Waals surface area contributed by atoms with Crippen LogP contribution in [0.25, 0.3) is 0 Å². The third-order valence-corrected chi connectivity index (χ3v) is 4.34. The highest BCUT2D eigenvalue weighted by molar-refractivity contribution is 7.10. The molecule has 1 aliphatic rings. The van der Waals surface area contributed by atoms with Crippen molar-refractivity contribution in [2.45, 2.75) is 24.7 Å². The van der Waals surface area contributed by atoms with Crippen molar-refractivity contribution in [3.05, 3.63) is 34.2 Å². The number of anilines is 1. The van der Waals surface area contributed by atoms with Crippen molar-refractivity contribution in [3.8, 4) is 0 Å². The van der Waals surface area contributed by atoms with Gasteiger partial charge in [-0.05, 0) is 11.4 Å². The van der Waals surface area contributed by atoms with Gasteiger partial charge in [0.05, 0.1) is 12.2 Å². The van der Waals surface area contributed by atoms with Crippen LogP contribution in [-0.2, 0) is 0 Å². The van der Waals surface area contributed by atoms with Crippen LogP contribution in [0.1, 0.15) is 33.7 Å². The molecule has 112 valence electrons. The highest BCUT2D eigenvalue weighted by Gasteiger charge is 2.47. The van der Waals surface area contributed by atoms with Gasteiger partial charge >= 0.3 is 12.1 Å². The smallest absolute Gasteiger partial charge is 0.410 e. The molecular weight excluding hydrogens is 307 g/mol. The van der Waals surface area contributed by atoms with Crippen LogP contribution >= 0.6 is 11.3 Å². The molecule has 21 heavy (non-hydrogen) atoms. The Morgan fingerprint density at radius 3 is 2.86 bits per heavy atom. The van der Waals surface area contributed by atoms with E-state index in [2.05, 4.69) is 10.4 Å². The molecule has 1 aliphatic heterocycles. The molecule has 0 bridgehead atoms. The van der Waals surface area contributed by atoms with Crippen LogP contribution in [-0.4, -0.2) is 27.0 Å². The van der Waals surface area contributed by atoms with Crippen LogP contribution in [0.4, 0.5) is 19.0 Å². The lowest BCUT2D eigenvalue weighted by molar-refractivity contribution is -0.173. The van der Waals surface area contributed by atoms with E-state index in [0.29, 0.717) is 4.68 Å². The van der Waals surface area contributed by atoms with Gasteiger partial charge < -0.3 is 10.4 Å². The number of aromatic nitrogens is 2. The number of hydrogen-bond acceptors (Lipinski definition) is 4. The van der Waals surface area contributed by atoms with E-state index in [-0.39, 0.29) is 17.8 Å². The van der Waals surface area contributed by atoms with Crippen LogP contribution < -0.4 is 5.32 Å². The van der Waals surface area contributed by atoms with Crippen molar-refractivity contribution in [1.82, 2.24) is 9.78 Å². The normalized spacial score (nSPS) is 21.7. The topological polar surface area (TPSA) is 67.1 Å². The van der Waals surface area contributed by atoms with Crippen molar-refractivity contribution in [1.29, 1.82) is 0 Å². The Bertz CT molecular complexity index is 666. The van der Waals surface area contributed by atoms with Gasteiger partial charge in [0.25, 0.3) is 0 Å². The minimum Gasteiger partial charge on any atom is -0.477 e. The molecule has 2 atom stereocenters. The Kier molecular flexibility index (Phi) is 3.16. The molecule has 0 saturated heterocycles. The summed E-state index contributed by atoms with van der Waals surface area (Å²) in [5.74, 6) is -1.41. The number of carboxylic acid groups (broad SMARTS) is 1. The van der Waals surface area contributed by atoms with Crippen molar-refractivity contribution >= 4 is 23.1 Å². The van der Waals surface area contributed by atoms with E-state index >= 15 is 0 Å². The number of rotatable bonds is 2.